The molecule has 0 radical (unpaired) electrons. The average molecular weight is 331 g/mol. The number of sulfone groups is 1. The van der Waals surface area contributed by atoms with E-state index in [4.69, 9.17) is 0 Å². The van der Waals surface area contributed by atoms with Gasteiger partial charge in [-0.3, -0.25) is 0 Å². The van der Waals surface area contributed by atoms with Crippen molar-refractivity contribution in [1.82, 2.24) is 15.1 Å². The first-order valence-corrected chi connectivity index (χ1v) is 9.52. The fourth-order valence-corrected chi connectivity index (χ4v) is 4.35. The highest BCUT2D eigenvalue weighted by molar-refractivity contribution is 7.91. The third kappa shape index (κ3) is 4.42. The number of nitrogens with one attached hydrogen (secondary N) is 1. The number of rotatable bonds is 4. The van der Waals surface area contributed by atoms with Crippen molar-refractivity contribution in [3.05, 3.63) is 22.4 Å². The van der Waals surface area contributed by atoms with E-state index < -0.39 is 9.84 Å². The van der Waals surface area contributed by atoms with Gasteiger partial charge in [0.25, 0.3) is 0 Å². The molecule has 118 valence electrons. The lowest BCUT2D eigenvalue weighted by atomic mass is 10.2. The number of hydrogen-bond acceptors (Lipinski definition) is 5. The van der Waals surface area contributed by atoms with Gasteiger partial charge in [-0.15, -0.1) is 11.3 Å². The third-order valence-corrected chi connectivity index (χ3v) is 6.16. The van der Waals surface area contributed by atoms with Crippen LogP contribution < -0.4 is 5.32 Å². The van der Waals surface area contributed by atoms with Crippen molar-refractivity contribution in [3.8, 4) is 0 Å². The van der Waals surface area contributed by atoms with Gasteiger partial charge in [0.05, 0.1) is 17.5 Å². The molecule has 0 saturated carbocycles. The van der Waals surface area contributed by atoms with Crippen molar-refractivity contribution >= 4 is 27.2 Å². The van der Waals surface area contributed by atoms with Gasteiger partial charge in [-0.1, -0.05) is 6.07 Å². The Balaban J connectivity index is 1.88. The molecule has 1 aliphatic rings. The van der Waals surface area contributed by atoms with E-state index in [1.807, 2.05) is 25.5 Å². The standard InChI is InChI=1S/C13H21N3O3S2/c1-15(2)11(12-4-3-7-20-12)10-14-13(17)16-5-8-21(18,19)9-6-16/h3-4,7,11H,5-6,8-10H2,1-2H3,(H,14,17). The topological polar surface area (TPSA) is 69.7 Å². The lowest BCUT2D eigenvalue weighted by Crippen LogP contribution is -2.49. The maximum Gasteiger partial charge on any atom is 0.317 e. The summed E-state index contributed by atoms with van der Waals surface area (Å²) < 4.78 is 22.7. The summed E-state index contributed by atoms with van der Waals surface area (Å²) in [5.74, 6) is 0.116. The minimum Gasteiger partial charge on any atom is -0.336 e. The molecular weight excluding hydrogens is 310 g/mol. The molecule has 1 saturated heterocycles. The van der Waals surface area contributed by atoms with Gasteiger partial charge in [-0.2, -0.15) is 0 Å². The fraction of sp³-hybridized carbons (Fsp3) is 0.615. The molecule has 0 aromatic carbocycles. The molecule has 2 rings (SSSR count). The van der Waals surface area contributed by atoms with Crippen LogP contribution in [0.15, 0.2) is 17.5 Å². The minimum atomic E-state index is -2.96. The Kier molecular flexibility index (Phi) is 5.23. The Morgan fingerprint density at radius 1 is 1.43 bits per heavy atom. The van der Waals surface area contributed by atoms with Crippen molar-refractivity contribution in [2.75, 3.05) is 45.2 Å². The van der Waals surface area contributed by atoms with Crippen molar-refractivity contribution < 1.29 is 13.2 Å². The maximum atomic E-state index is 12.1. The van der Waals surface area contributed by atoms with Crippen LogP contribution in [-0.2, 0) is 9.84 Å². The number of urea groups is 1. The quantitative estimate of drug-likeness (QED) is 0.886. The molecule has 1 fully saturated rings. The van der Waals surface area contributed by atoms with Crippen LogP contribution in [0.5, 0.6) is 0 Å². The largest absolute Gasteiger partial charge is 0.336 e. The first kappa shape index (κ1) is 16.3. The summed E-state index contributed by atoms with van der Waals surface area (Å²) in [7, 11) is 0.995. The second-order valence-electron chi connectivity index (χ2n) is 5.32. The van der Waals surface area contributed by atoms with Crippen LogP contribution >= 0.6 is 11.3 Å². The Bertz CT molecular complexity index is 555. The first-order chi connectivity index (χ1) is 9.89. The molecule has 1 unspecified atom stereocenters. The van der Waals surface area contributed by atoms with Crippen molar-refractivity contribution in [2.24, 2.45) is 0 Å². The molecule has 8 heteroatoms. The van der Waals surface area contributed by atoms with Gasteiger partial charge in [-0.25, -0.2) is 13.2 Å². The normalized spacial score (nSPS) is 19.5. The number of likely N-dealkylation sites (N-methyl/N-ethyl adjacent to an activating group) is 1. The van der Waals surface area contributed by atoms with Crippen LogP contribution in [0.2, 0.25) is 0 Å². The van der Waals surface area contributed by atoms with Crippen LogP contribution in [0.1, 0.15) is 10.9 Å². The van der Waals surface area contributed by atoms with Gasteiger partial charge >= 0.3 is 6.03 Å². The number of nitrogens with zero attached hydrogens (tertiary/aromatic N) is 2. The number of hydrogen-bond donors (Lipinski definition) is 1. The molecule has 1 atom stereocenters. The summed E-state index contributed by atoms with van der Waals surface area (Å²) in [6, 6.07) is 3.98. The average Bonchev–Trinajstić information content (AvgIpc) is 2.92. The predicted octanol–water partition coefficient (Wildman–Crippen LogP) is 0.791. The van der Waals surface area contributed by atoms with Crippen LogP contribution in [-0.4, -0.2) is 69.5 Å². The van der Waals surface area contributed by atoms with Crippen molar-refractivity contribution in [2.45, 2.75) is 6.04 Å². The van der Waals surface area contributed by atoms with Crippen LogP contribution in [0.4, 0.5) is 4.79 Å². The second-order valence-corrected chi connectivity index (χ2v) is 8.60. The summed E-state index contributed by atoms with van der Waals surface area (Å²) in [6.45, 7) is 1.06. The molecule has 1 aromatic heterocycles. The van der Waals surface area contributed by atoms with E-state index in [2.05, 4.69) is 16.3 Å². The van der Waals surface area contributed by atoms with Gasteiger partial charge in [0.1, 0.15) is 0 Å². The van der Waals surface area contributed by atoms with Crippen LogP contribution in [0, 0.1) is 0 Å². The molecule has 0 aliphatic carbocycles. The zero-order chi connectivity index (χ0) is 15.5. The number of thiophene rings is 1. The summed E-state index contributed by atoms with van der Waals surface area (Å²) in [5.41, 5.74) is 0. The summed E-state index contributed by atoms with van der Waals surface area (Å²) in [6.07, 6.45) is 0. The van der Waals surface area contributed by atoms with E-state index in [-0.39, 0.29) is 36.7 Å². The lowest BCUT2D eigenvalue weighted by Gasteiger charge is -2.29. The zero-order valence-corrected chi connectivity index (χ0v) is 13.9. The summed E-state index contributed by atoms with van der Waals surface area (Å²) in [4.78, 5) is 16.9. The minimum absolute atomic E-state index is 0.0580. The van der Waals surface area contributed by atoms with Gasteiger partial charge in [0.15, 0.2) is 9.84 Å². The van der Waals surface area contributed by atoms with Crippen LogP contribution in [0.3, 0.4) is 0 Å². The molecule has 1 N–H and O–H groups in total. The summed E-state index contributed by atoms with van der Waals surface area (Å²) >= 11 is 1.66. The van der Waals surface area contributed by atoms with E-state index in [1.165, 1.54) is 4.88 Å². The molecule has 21 heavy (non-hydrogen) atoms. The number of carbonyl (C=O) groups is 1. The highest BCUT2D eigenvalue weighted by atomic mass is 32.2. The Hall–Kier alpha value is -1.12. The monoisotopic (exact) mass is 331 g/mol. The van der Waals surface area contributed by atoms with Gasteiger partial charge in [-0.05, 0) is 25.5 Å². The molecule has 0 bridgehead atoms. The van der Waals surface area contributed by atoms with Gasteiger partial charge in [0.2, 0.25) is 0 Å². The van der Waals surface area contributed by atoms with Gasteiger partial charge < -0.3 is 15.1 Å². The number of carbonyl (C=O) groups excluding carboxylic acids is 1. The van der Waals surface area contributed by atoms with E-state index in [0.717, 1.165) is 0 Å². The molecule has 6 nitrogen and oxygen atoms in total. The van der Waals surface area contributed by atoms with Crippen molar-refractivity contribution in [3.63, 3.8) is 0 Å². The smallest absolute Gasteiger partial charge is 0.317 e. The third-order valence-electron chi connectivity index (χ3n) is 3.57. The molecule has 2 heterocycles. The zero-order valence-electron chi connectivity index (χ0n) is 12.3. The fourth-order valence-electron chi connectivity index (χ4n) is 2.23. The highest BCUT2D eigenvalue weighted by Gasteiger charge is 2.25. The van der Waals surface area contributed by atoms with E-state index in [9.17, 15) is 13.2 Å². The Morgan fingerprint density at radius 3 is 2.62 bits per heavy atom. The predicted molar refractivity (Wildman–Crippen MR) is 84.4 cm³/mol. The first-order valence-electron chi connectivity index (χ1n) is 6.82. The van der Waals surface area contributed by atoms with Crippen molar-refractivity contribution in [1.29, 1.82) is 0 Å². The van der Waals surface area contributed by atoms with E-state index >= 15 is 0 Å². The Labute approximate surface area is 129 Å². The SMILES string of the molecule is CN(C)C(CNC(=O)N1CCS(=O)(=O)CC1)c1cccs1. The number of amides is 2. The second kappa shape index (κ2) is 6.76. The highest BCUT2D eigenvalue weighted by Crippen LogP contribution is 2.22. The van der Waals surface area contributed by atoms with Crippen LogP contribution in [0.25, 0.3) is 0 Å². The molecule has 2 amide bonds. The maximum absolute atomic E-state index is 12.1. The molecular formula is C13H21N3O3S2. The van der Waals surface area contributed by atoms with Gasteiger partial charge in [0, 0.05) is 24.5 Å². The van der Waals surface area contributed by atoms with E-state index in [0.29, 0.717) is 6.54 Å². The molecule has 0 spiro atoms. The summed E-state index contributed by atoms with van der Waals surface area (Å²) in [5, 5.41) is 4.92. The Morgan fingerprint density at radius 2 is 2.10 bits per heavy atom. The molecule has 1 aromatic rings. The molecule has 1 aliphatic heterocycles. The van der Waals surface area contributed by atoms with E-state index in [1.54, 1.807) is 16.2 Å². The lowest BCUT2D eigenvalue weighted by molar-refractivity contribution is 0.196.